The van der Waals surface area contributed by atoms with Crippen LogP contribution < -0.4 is 27.2 Å². The number of alkyl carbamates (subject to hydrolysis) is 1. The van der Waals surface area contributed by atoms with Gasteiger partial charge in [-0.05, 0) is 52.7 Å². The van der Waals surface area contributed by atoms with Crippen LogP contribution in [0.15, 0.2) is 33.9 Å². The third-order valence-electron chi connectivity index (χ3n) is 6.61. The van der Waals surface area contributed by atoms with Crippen molar-refractivity contribution in [3.8, 4) is 11.8 Å². The van der Waals surface area contributed by atoms with Crippen molar-refractivity contribution in [3.05, 3.63) is 50.7 Å². The van der Waals surface area contributed by atoms with Gasteiger partial charge in [0.15, 0.2) is 16.9 Å². The van der Waals surface area contributed by atoms with Gasteiger partial charge >= 0.3 is 11.8 Å². The number of fused-ring (bicyclic) bond motifs is 1. The summed E-state index contributed by atoms with van der Waals surface area (Å²) in [5, 5.41) is 2.92. The molecule has 3 N–H and O–H groups in total. The number of imidazole rings is 1. The maximum absolute atomic E-state index is 13.7. The van der Waals surface area contributed by atoms with E-state index in [4.69, 9.17) is 15.5 Å². The molecular formula is C28H35N7O5. The highest BCUT2D eigenvalue weighted by Crippen LogP contribution is 2.24. The average Bonchev–Trinajstić information content (AvgIpc) is 3.27. The Balaban J connectivity index is 1.75. The third-order valence-corrected chi connectivity index (χ3v) is 6.61. The molecule has 4 rings (SSSR count). The predicted molar refractivity (Wildman–Crippen MR) is 152 cm³/mol. The maximum Gasteiger partial charge on any atom is 0.407 e. The van der Waals surface area contributed by atoms with Crippen molar-refractivity contribution < 1.29 is 14.3 Å². The van der Waals surface area contributed by atoms with E-state index in [0.29, 0.717) is 19.0 Å². The lowest BCUT2D eigenvalue weighted by atomic mass is 10.1. The number of hydrogen-bond acceptors (Lipinski definition) is 8. The number of ether oxygens (including phenoxy) is 1. The van der Waals surface area contributed by atoms with Crippen LogP contribution in [0.25, 0.3) is 11.2 Å². The van der Waals surface area contributed by atoms with Crippen molar-refractivity contribution in [3.63, 3.8) is 0 Å². The summed E-state index contributed by atoms with van der Waals surface area (Å²) >= 11 is 0. The van der Waals surface area contributed by atoms with E-state index in [0.717, 1.165) is 17.4 Å². The Labute approximate surface area is 231 Å². The van der Waals surface area contributed by atoms with Crippen LogP contribution in [-0.2, 0) is 24.9 Å². The molecule has 1 aromatic carbocycles. The number of nitrogens with two attached hydrogens (primary N) is 1. The number of ketones is 1. The number of benzene rings is 1. The SMILES string of the molecule is CC#CCn1c(N2CCC[C@@H](NC(=O)OC(C)(C)C)C2)nc2c1c(=O)n(CC(=O)c1ccccc1N)c(=O)n2C. The zero-order valence-corrected chi connectivity index (χ0v) is 23.5. The molecule has 1 aliphatic rings. The van der Waals surface area contributed by atoms with Gasteiger partial charge in [-0.15, -0.1) is 5.92 Å². The molecule has 0 saturated carbocycles. The smallest absolute Gasteiger partial charge is 0.407 e. The zero-order valence-electron chi connectivity index (χ0n) is 23.5. The fraction of sp³-hybridized carbons (Fsp3) is 0.464. The lowest BCUT2D eigenvalue weighted by Crippen LogP contribution is -2.49. The lowest BCUT2D eigenvalue weighted by Gasteiger charge is -2.34. The van der Waals surface area contributed by atoms with Gasteiger partial charge < -0.3 is 20.7 Å². The van der Waals surface area contributed by atoms with Crippen LogP contribution in [0.4, 0.5) is 16.4 Å². The molecule has 40 heavy (non-hydrogen) atoms. The summed E-state index contributed by atoms with van der Waals surface area (Å²) < 4.78 is 9.24. The van der Waals surface area contributed by atoms with Gasteiger partial charge in [-0.1, -0.05) is 18.1 Å². The number of amides is 1. The molecule has 0 radical (unpaired) electrons. The molecule has 12 nitrogen and oxygen atoms in total. The van der Waals surface area contributed by atoms with Gasteiger partial charge in [-0.25, -0.2) is 9.59 Å². The highest BCUT2D eigenvalue weighted by atomic mass is 16.6. The molecule has 1 amide bonds. The molecule has 1 fully saturated rings. The molecule has 1 atom stereocenters. The number of para-hydroxylation sites is 1. The highest BCUT2D eigenvalue weighted by molar-refractivity contribution is 6.00. The van der Waals surface area contributed by atoms with Crippen LogP contribution in [0.5, 0.6) is 0 Å². The fourth-order valence-electron chi connectivity index (χ4n) is 4.78. The molecule has 1 saturated heterocycles. The number of piperidine rings is 1. The van der Waals surface area contributed by atoms with Gasteiger partial charge in [0.1, 0.15) is 5.60 Å². The summed E-state index contributed by atoms with van der Waals surface area (Å²) in [7, 11) is 1.51. The Bertz CT molecular complexity index is 1630. The van der Waals surface area contributed by atoms with E-state index in [1.807, 2.05) is 4.90 Å². The van der Waals surface area contributed by atoms with Gasteiger partial charge in [0, 0.05) is 37.4 Å². The van der Waals surface area contributed by atoms with Gasteiger partial charge in [0.25, 0.3) is 5.56 Å². The maximum atomic E-state index is 13.7. The lowest BCUT2D eigenvalue weighted by molar-refractivity contribution is 0.0499. The predicted octanol–water partition coefficient (Wildman–Crippen LogP) is 1.88. The largest absolute Gasteiger partial charge is 0.444 e. The van der Waals surface area contributed by atoms with Crippen molar-refractivity contribution in [1.29, 1.82) is 0 Å². The molecule has 1 aliphatic heterocycles. The molecule has 12 heteroatoms. The first kappa shape index (κ1) is 28.5. The Morgan fingerprint density at radius 2 is 1.93 bits per heavy atom. The number of aryl methyl sites for hydroxylation is 1. The second kappa shape index (κ2) is 11.3. The minimum absolute atomic E-state index is 0.149. The molecule has 2 aromatic heterocycles. The normalized spacial score (nSPS) is 15.4. The van der Waals surface area contributed by atoms with Gasteiger partial charge in [-0.2, -0.15) is 4.98 Å². The van der Waals surface area contributed by atoms with E-state index in [1.54, 1.807) is 56.5 Å². The number of hydrogen-bond donors (Lipinski definition) is 2. The summed E-state index contributed by atoms with van der Waals surface area (Å²) in [5.74, 6) is 5.83. The number of rotatable bonds is 6. The summed E-state index contributed by atoms with van der Waals surface area (Å²) in [6, 6.07) is 6.31. The number of nitrogens with one attached hydrogen (secondary N) is 1. The Morgan fingerprint density at radius 1 is 1.20 bits per heavy atom. The highest BCUT2D eigenvalue weighted by Gasteiger charge is 2.29. The van der Waals surface area contributed by atoms with Gasteiger partial charge in [0.2, 0.25) is 5.95 Å². The van der Waals surface area contributed by atoms with E-state index in [9.17, 15) is 19.2 Å². The van der Waals surface area contributed by atoms with Gasteiger partial charge in [-0.3, -0.25) is 23.3 Å². The monoisotopic (exact) mass is 549 g/mol. The van der Waals surface area contributed by atoms with E-state index >= 15 is 0 Å². The second-order valence-corrected chi connectivity index (χ2v) is 10.8. The number of carbonyl (C=O) groups excluding carboxylic acids is 2. The summed E-state index contributed by atoms with van der Waals surface area (Å²) in [4.78, 5) is 59.1. The molecule has 0 unspecified atom stereocenters. The number of carbonyl (C=O) groups is 2. The fourth-order valence-corrected chi connectivity index (χ4v) is 4.78. The first-order chi connectivity index (χ1) is 18.9. The molecule has 212 valence electrons. The average molecular weight is 550 g/mol. The first-order valence-electron chi connectivity index (χ1n) is 13.1. The molecular weight excluding hydrogens is 514 g/mol. The minimum Gasteiger partial charge on any atom is -0.444 e. The van der Waals surface area contributed by atoms with Crippen LogP contribution in [-0.4, -0.2) is 55.3 Å². The van der Waals surface area contributed by atoms with E-state index in [-0.39, 0.29) is 35.0 Å². The van der Waals surface area contributed by atoms with Crippen molar-refractivity contribution in [2.24, 2.45) is 7.05 Å². The standard InChI is InChI=1S/C28H35N7O5/c1-6-7-15-34-22-23(31-25(34)33-14-10-11-18(16-33)30-26(38)40-28(2,3)4)32(5)27(39)35(24(22)37)17-21(36)19-12-8-9-13-20(19)29/h8-9,12-13,18H,10-11,14-17,29H2,1-5H3,(H,30,38)/t18-/m1/s1. The van der Waals surface area contributed by atoms with Crippen LogP contribution in [0.1, 0.15) is 50.9 Å². The summed E-state index contributed by atoms with van der Waals surface area (Å²) in [6.45, 7) is 7.83. The molecule has 0 bridgehead atoms. The van der Waals surface area contributed by atoms with Crippen molar-refractivity contribution in [2.45, 2.75) is 65.3 Å². The Hall–Kier alpha value is -4.53. The summed E-state index contributed by atoms with van der Waals surface area (Å²) in [5.41, 5.74) is 4.87. The van der Waals surface area contributed by atoms with Crippen LogP contribution in [0, 0.1) is 11.8 Å². The Kier molecular flexibility index (Phi) is 8.04. The topological polar surface area (TPSA) is 146 Å². The molecule has 0 aliphatic carbocycles. The number of nitrogens with zero attached hydrogens (tertiary/aromatic N) is 5. The van der Waals surface area contributed by atoms with Gasteiger partial charge in [0.05, 0.1) is 13.1 Å². The van der Waals surface area contributed by atoms with Crippen molar-refractivity contribution in [2.75, 3.05) is 23.7 Å². The number of anilines is 2. The second-order valence-electron chi connectivity index (χ2n) is 10.8. The molecule has 0 spiro atoms. The van der Waals surface area contributed by atoms with E-state index in [2.05, 4.69) is 17.2 Å². The van der Waals surface area contributed by atoms with E-state index < -0.39 is 35.3 Å². The molecule has 3 aromatic rings. The first-order valence-corrected chi connectivity index (χ1v) is 13.1. The minimum atomic E-state index is -0.666. The Morgan fingerprint density at radius 3 is 2.60 bits per heavy atom. The number of Topliss-reactive ketones (excluding diaryl/α,β-unsaturated/α-hetero) is 1. The third kappa shape index (κ3) is 5.88. The van der Waals surface area contributed by atoms with Crippen molar-refractivity contribution in [1.82, 2.24) is 24.0 Å². The quantitative estimate of drug-likeness (QED) is 0.269. The van der Waals surface area contributed by atoms with Crippen LogP contribution in [0.3, 0.4) is 0 Å². The van der Waals surface area contributed by atoms with E-state index in [1.165, 1.54) is 11.6 Å². The number of aromatic nitrogens is 4. The zero-order chi connectivity index (χ0) is 29.2. The van der Waals surface area contributed by atoms with Crippen molar-refractivity contribution >= 4 is 34.7 Å². The molecule has 3 heterocycles. The summed E-state index contributed by atoms with van der Waals surface area (Å²) in [6.07, 6.45) is 1.01. The number of nitrogen functional groups attached to an aromatic ring is 1. The van der Waals surface area contributed by atoms with Crippen LogP contribution >= 0.6 is 0 Å². The van der Waals surface area contributed by atoms with Crippen LogP contribution in [0.2, 0.25) is 0 Å².